The summed E-state index contributed by atoms with van der Waals surface area (Å²) < 4.78 is 29.1. The number of Topliss-reactive ketones (excluding diaryl/α,β-unsaturated/α-hetero) is 1. The maximum Gasteiger partial charge on any atom is 0.303 e. The number of aliphatic carboxylic acids is 1. The van der Waals surface area contributed by atoms with Gasteiger partial charge in [0, 0.05) is 34.8 Å². The SMILES string of the molecule is C[C@]12C=CC(=O)C=C1CC[C@@H]1[C@@H]2[C@@H](O)C[C@@]2(C)[C@H]1C[C@H]1O[C@@H](c3ccc(CC4CCC(NC(=O)[C@H](CCC(=O)O)NC(=O)CNC(=O)CBr)CC4)cc3F)O[C@]12C(=O)CO. The second kappa shape index (κ2) is 17.5. The van der Waals surface area contributed by atoms with Gasteiger partial charge in [-0.05, 0) is 106 Å². The van der Waals surface area contributed by atoms with Crippen LogP contribution in [0.3, 0.4) is 0 Å². The van der Waals surface area contributed by atoms with Crippen molar-refractivity contribution in [3.8, 4) is 0 Å². The lowest BCUT2D eigenvalue weighted by Crippen LogP contribution is -2.63. The van der Waals surface area contributed by atoms with Crippen LogP contribution in [0.1, 0.15) is 95.5 Å². The summed E-state index contributed by atoms with van der Waals surface area (Å²) in [5.41, 5.74) is -1.08. The number of aliphatic hydroxyl groups excluding tert-OH is 2. The number of carboxylic acids is 1. The minimum absolute atomic E-state index is 0.000229. The zero-order chi connectivity index (χ0) is 43.1. The number of rotatable bonds is 14. The van der Waals surface area contributed by atoms with Crippen molar-refractivity contribution in [2.45, 2.75) is 121 Å². The van der Waals surface area contributed by atoms with Crippen LogP contribution in [-0.2, 0) is 44.7 Å². The van der Waals surface area contributed by atoms with Gasteiger partial charge in [-0.15, -0.1) is 0 Å². The van der Waals surface area contributed by atoms with Crippen LogP contribution >= 0.6 is 15.9 Å². The van der Waals surface area contributed by atoms with Gasteiger partial charge in [-0.25, -0.2) is 4.39 Å². The molecule has 1 aromatic carbocycles. The summed E-state index contributed by atoms with van der Waals surface area (Å²) in [6.45, 7) is 2.87. The van der Waals surface area contributed by atoms with Crippen molar-refractivity contribution in [1.29, 1.82) is 0 Å². The third kappa shape index (κ3) is 8.14. The van der Waals surface area contributed by atoms with Gasteiger partial charge in [0.05, 0.1) is 24.1 Å². The van der Waals surface area contributed by atoms with Gasteiger partial charge in [0.1, 0.15) is 18.5 Å². The maximum atomic E-state index is 16.1. The molecule has 16 heteroatoms. The molecule has 1 aliphatic heterocycles. The fourth-order valence-electron chi connectivity index (χ4n) is 11.9. The Kier molecular flexibility index (Phi) is 12.9. The van der Waals surface area contributed by atoms with Crippen LogP contribution in [0.4, 0.5) is 4.39 Å². The van der Waals surface area contributed by atoms with E-state index in [9.17, 15) is 39.0 Å². The Morgan fingerprint density at radius 2 is 1.82 bits per heavy atom. The first-order chi connectivity index (χ1) is 28.5. The van der Waals surface area contributed by atoms with Crippen molar-refractivity contribution in [3.05, 3.63) is 58.9 Å². The summed E-state index contributed by atoms with van der Waals surface area (Å²) in [6, 6.07) is 3.61. The Hall–Kier alpha value is -3.83. The van der Waals surface area contributed by atoms with E-state index in [1.54, 1.807) is 18.2 Å². The molecule has 7 rings (SSSR count). The van der Waals surface area contributed by atoms with Gasteiger partial charge in [0.2, 0.25) is 17.7 Å². The molecule has 0 bridgehead atoms. The molecular weight excluding hydrogens is 845 g/mol. The maximum absolute atomic E-state index is 16.1. The van der Waals surface area contributed by atoms with Crippen molar-refractivity contribution in [2.24, 2.45) is 34.5 Å². The number of hydrogen-bond acceptors (Lipinski definition) is 10. The number of amides is 3. The highest BCUT2D eigenvalue weighted by atomic mass is 79.9. The minimum Gasteiger partial charge on any atom is -0.481 e. The molecule has 10 atom stereocenters. The Bertz CT molecular complexity index is 1970. The molecule has 5 fully saturated rings. The van der Waals surface area contributed by atoms with E-state index in [0.717, 1.165) is 30.4 Å². The molecule has 60 heavy (non-hydrogen) atoms. The van der Waals surface area contributed by atoms with Crippen LogP contribution < -0.4 is 16.0 Å². The van der Waals surface area contributed by atoms with Gasteiger partial charge >= 0.3 is 5.97 Å². The summed E-state index contributed by atoms with van der Waals surface area (Å²) in [6.07, 6.45) is 7.36. The normalized spacial score (nSPS) is 35.8. The fraction of sp³-hybridized carbons (Fsp3) is 0.636. The van der Waals surface area contributed by atoms with E-state index in [0.29, 0.717) is 32.1 Å². The molecule has 1 saturated heterocycles. The van der Waals surface area contributed by atoms with Crippen LogP contribution in [0.2, 0.25) is 0 Å². The van der Waals surface area contributed by atoms with Gasteiger partial charge in [0.15, 0.2) is 23.5 Å². The molecular formula is C44H55BrFN3O11. The van der Waals surface area contributed by atoms with Gasteiger partial charge in [0.25, 0.3) is 0 Å². The molecule has 4 saturated carbocycles. The first-order valence-electron chi connectivity index (χ1n) is 21.0. The topological polar surface area (TPSA) is 218 Å². The van der Waals surface area contributed by atoms with Gasteiger partial charge in [-0.3, -0.25) is 28.8 Å². The predicted octanol–water partition coefficient (Wildman–Crippen LogP) is 3.51. The van der Waals surface area contributed by atoms with Crippen molar-refractivity contribution < 1.29 is 58.0 Å². The molecule has 0 aromatic heterocycles. The van der Waals surface area contributed by atoms with Crippen molar-refractivity contribution in [2.75, 3.05) is 18.5 Å². The summed E-state index contributed by atoms with van der Waals surface area (Å²) in [7, 11) is 0. The van der Waals surface area contributed by atoms with Crippen LogP contribution in [0.15, 0.2) is 42.0 Å². The summed E-state index contributed by atoms with van der Waals surface area (Å²) in [5.74, 6) is -3.84. The van der Waals surface area contributed by atoms with E-state index in [-0.39, 0.29) is 72.2 Å². The zero-order valence-electron chi connectivity index (χ0n) is 33.9. The van der Waals surface area contributed by atoms with Crippen LogP contribution in [-0.4, -0.2) is 99.0 Å². The predicted molar refractivity (Wildman–Crippen MR) is 217 cm³/mol. The smallest absolute Gasteiger partial charge is 0.303 e. The third-order valence-corrected chi connectivity index (χ3v) is 15.2. The monoisotopic (exact) mass is 899 g/mol. The van der Waals surface area contributed by atoms with Crippen molar-refractivity contribution in [3.63, 3.8) is 0 Å². The molecule has 0 spiro atoms. The largest absolute Gasteiger partial charge is 0.481 e. The van der Waals surface area contributed by atoms with E-state index >= 15 is 4.39 Å². The molecule has 0 radical (unpaired) electrons. The number of benzene rings is 1. The number of ether oxygens (including phenoxy) is 2. The van der Waals surface area contributed by atoms with Gasteiger partial charge < -0.3 is 40.7 Å². The zero-order valence-corrected chi connectivity index (χ0v) is 35.5. The lowest BCUT2D eigenvalue weighted by molar-refractivity contribution is -0.201. The number of hydrogen-bond donors (Lipinski definition) is 6. The number of nitrogens with one attached hydrogen (secondary N) is 3. The standard InChI is InChI=1S/C44H55BrFN3O11/c1-42-14-13-27(51)17-25(42)6-10-28-30-18-35-44(34(53)22-50,43(30,2)19-33(52)39(28)42)60-41(59-35)29-9-5-24(16-31(29)46)15-23-3-7-26(8-4-23)48-40(58)32(11-12-38(56)57)49-37(55)21-47-36(54)20-45/h5,9,13-14,16-17,23,26,28,30,32-33,35,39,41,50,52H,3-4,6-8,10-12,15,18-22H2,1-2H3,(H,47,54)(H,48,58)(H,49,55)(H,56,57)/t23?,26?,28-,30-,32-,33-,35+,39+,41+,42-,43-,44+/m0/s1. The molecule has 3 amide bonds. The Labute approximate surface area is 356 Å². The lowest BCUT2D eigenvalue weighted by Gasteiger charge is -2.59. The number of carbonyl (C=O) groups is 6. The first-order valence-corrected chi connectivity index (χ1v) is 22.2. The van der Waals surface area contributed by atoms with Gasteiger partial charge in [-0.2, -0.15) is 0 Å². The number of carbonyl (C=O) groups excluding carboxylic acids is 5. The minimum atomic E-state index is -1.59. The second-order valence-corrected chi connectivity index (χ2v) is 18.6. The molecule has 1 heterocycles. The number of carboxylic acid groups (broad SMARTS) is 1. The van der Waals surface area contributed by atoms with E-state index in [4.69, 9.17) is 14.6 Å². The van der Waals surface area contributed by atoms with Crippen LogP contribution in [0.5, 0.6) is 0 Å². The second-order valence-electron chi connectivity index (χ2n) is 18.1. The third-order valence-electron chi connectivity index (χ3n) is 14.7. The molecule has 1 aromatic rings. The molecule has 326 valence electrons. The molecule has 14 nitrogen and oxygen atoms in total. The van der Waals surface area contributed by atoms with Crippen molar-refractivity contribution >= 4 is 51.2 Å². The lowest BCUT2D eigenvalue weighted by atomic mass is 9.46. The van der Waals surface area contributed by atoms with E-state index < -0.39 is 82.9 Å². The quantitative estimate of drug-likeness (QED) is 0.149. The van der Waals surface area contributed by atoms with Crippen LogP contribution in [0, 0.1) is 40.3 Å². The summed E-state index contributed by atoms with van der Waals surface area (Å²) in [4.78, 5) is 74.4. The molecule has 0 unspecified atom stereocenters. The number of aliphatic hydroxyl groups is 2. The summed E-state index contributed by atoms with van der Waals surface area (Å²) in [5, 5.41) is 39.3. The number of halogens is 2. The number of ketones is 2. The van der Waals surface area contributed by atoms with E-state index in [1.165, 1.54) is 6.07 Å². The molecule has 6 aliphatic rings. The fourth-order valence-corrected chi connectivity index (χ4v) is 12.1. The highest BCUT2D eigenvalue weighted by Crippen LogP contribution is 2.70. The highest BCUT2D eigenvalue weighted by molar-refractivity contribution is 9.09. The average molecular weight is 901 g/mol. The van der Waals surface area contributed by atoms with Gasteiger partial charge in [-0.1, -0.05) is 53.6 Å². The molecule has 6 N–H and O–H groups in total. The average Bonchev–Trinajstić information content (AvgIpc) is 3.71. The molecule has 5 aliphatic carbocycles. The van der Waals surface area contributed by atoms with E-state index in [1.807, 2.05) is 19.1 Å². The number of alkyl halides is 1. The number of allylic oxidation sites excluding steroid dienone is 4. The number of fused-ring (bicyclic) bond motifs is 7. The summed E-state index contributed by atoms with van der Waals surface area (Å²) >= 11 is 2.99. The van der Waals surface area contributed by atoms with Crippen molar-refractivity contribution in [1.82, 2.24) is 16.0 Å². The Morgan fingerprint density at radius 1 is 1.07 bits per heavy atom. The van der Waals surface area contributed by atoms with E-state index in [2.05, 4.69) is 38.8 Å². The van der Waals surface area contributed by atoms with Crippen LogP contribution in [0.25, 0.3) is 0 Å². The Morgan fingerprint density at radius 3 is 2.50 bits per heavy atom. The highest BCUT2D eigenvalue weighted by Gasteiger charge is 2.76. The Balaban J connectivity index is 0.973. The first kappa shape index (κ1) is 44.2.